The molecule has 0 aromatic carbocycles. The molecule has 1 saturated heterocycles. The van der Waals surface area contributed by atoms with Gasteiger partial charge in [0.2, 0.25) is 0 Å². The van der Waals surface area contributed by atoms with Gasteiger partial charge in [0.15, 0.2) is 0 Å². The predicted octanol–water partition coefficient (Wildman–Crippen LogP) is 1.79. The molecule has 88 valence electrons. The standard InChI is InChI=1S/C13H20N2O/c1-13(16-12-6-8-14)7-5-11-15-9-3-2-4-10-15/h13H,2-4,6,9-12H2,1H3. The minimum Gasteiger partial charge on any atom is -0.365 e. The number of rotatable bonds is 4. The third kappa shape index (κ3) is 5.75. The summed E-state index contributed by atoms with van der Waals surface area (Å²) < 4.78 is 5.36. The lowest BCUT2D eigenvalue weighted by atomic mass is 10.1. The van der Waals surface area contributed by atoms with Crippen molar-refractivity contribution in [1.82, 2.24) is 4.90 Å². The SMILES string of the molecule is CC(C#CCN1CCCCC1)OCCC#N. The number of hydrogen-bond donors (Lipinski definition) is 0. The van der Waals surface area contributed by atoms with Crippen molar-refractivity contribution in [2.75, 3.05) is 26.2 Å². The quantitative estimate of drug-likeness (QED) is 0.535. The number of nitrogens with zero attached hydrogens (tertiary/aromatic N) is 2. The van der Waals surface area contributed by atoms with E-state index in [9.17, 15) is 0 Å². The van der Waals surface area contributed by atoms with Gasteiger partial charge in [0, 0.05) is 0 Å². The van der Waals surface area contributed by atoms with Crippen molar-refractivity contribution >= 4 is 0 Å². The second-order valence-electron chi connectivity index (χ2n) is 4.08. The molecule has 0 saturated carbocycles. The first kappa shape index (κ1) is 13.0. The zero-order chi connectivity index (χ0) is 11.6. The summed E-state index contributed by atoms with van der Waals surface area (Å²) in [5, 5.41) is 8.35. The Bertz CT molecular complexity index is 279. The highest BCUT2D eigenvalue weighted by Gasteiger charge is 2.07. The molecule has 0 spiro atoms. The van der Waals surface area contributed by atoms with E-state index in [0.29, 0.717) is 13.0 Å². The van der Waals surface area contributed by atoms with Gasteiger partial charge in [-0.3, -0.25) is 4.90 Å². The van der Waals surface area contributed by atoms with Gasteiger partial charge < -0.3 is 4.74 Å². The molecule has 1 fully saturated rings. The van der Waals surface area contributed by atoms with Gasteiger partial charge in [-0.25, -0.2) is 0 Å². The maximum absolute atomic E-state index is 8.35. The lowest BCUT2D eigenvalue weighted by Crippen LogP contribution is -2.30. The Morgan fingerprint density at radius 1 is 1.31 bits per heavy atom. The third-order valence-electron chi connectivity index (χ3n) is 2.64. The Balaban J connectivity index is 2.12. The molecule has 3 heteroatoms. The van der Waals surface area contributed by atoms with Crippen LogP contribution in [0.5, 0.6) is 0 Å². The molecule has 0 radical (unpaired) electrons. The van der Waals surface area contributed by atoms with Gasteiger partial charge >= 0.3 is 0 Å². The minimum atomic E-state index is -0.0573. The van der Waals surface area contributed by atoms with Crippen LogP contribution in [0.15, 0.2) is 0 Å². The molecule has 1 atom stereocenters. The van der Waals surface area contributed by atoms with Gasteiger partial charge in [0.25, 0.3) is 0 Å². The Labute approximate surface area is 98.4 Å². The molecular weight excluding hydrogens is 200 g/mol. The Hall–Kier alpha value is -1.03. The fraction of sp³-hybridized carbons (Fsp3) is 0.769. The fourth-order valence-electron chi connectivity index (χ4n) is 1.74. The van der Waals surface area contributed by atoms with E-state index in [0.717, 1.165) is 6.54 Å². The van der Waals surface area contributed by atoms with Crippen molar-refractivity contribution in [3.8, 4) is 17.9 Å². The molecule has 0 N–H and O–H groups in total. The first-order chi connectivity index (χ1) is 7.83. The average Bonchev–Trinajstić information content (AvgIpc) is 2.31. The van der Waals surface area contributed by atoms with Gasteiger partial charge in [-0.05, 0) is 32.9 Å². The predicted molar refractivity (Wildman–Crippen MR) is 63.7 cm³/mol. The zero-order valence-corrected chi connectivity index (χ0v) is 10.0. The average molecular weight is 220 g/mol. The molecule has 16 heavy (non-hydrogen) atoms. The number of piperidine rings is 1. The van der Waals surface area contributed by atoms with Crippen LogP contribution in [-0.2, 0) is 4.74 Å². The number of hydrogen-bond acceptors (Lipinski definition) is 3. The van der Waals surface area contributed by atoms with Crippen LogP contribution in [0.25, 0.3) is 0 Å². The van der Waals surface area contributed by atoms with E-state index in [1.807, 2.05) is 13.0 Å². The smallest absolute Gasteiger partial charge is 0.115 e. The third-order valence-corrected chi connectivity index (χ3v) is 2.64. The zero-order valence-electron chi connectivity index (χ0n) is 10.0. The van der Waals surface area contributed by atoms with Crippen LogP contribution < -0.4 is 0 Å². The van der Waals surface area contributed by atoms with E-state index < -0.39 is 0 Å². The van der Waals surface area contributed by atoms with Crippen molar-refractivity contribution in [1.29, 1.82) is 5.26 Å². The largest absolute Gasteiger partial charge is 0.365 e. The molecule has 1 unspecified atom stereocenters. The molecule has 0 aliphatic carbocycles. The minimum absolute atomic E-state index is 0.0573. The summed E-state index contributed by atoms with van der Waals surface area (Å²) in [6.07, 6.45) is 4.35. The van der Waals surface area contributed by atoms with E-state index >= 15 is 0 Å². The van der Waals surface area contributed by atoms with Crippen LogP contribution in [0.3, 0.4) is 0 Å². The van der Waals surface area contributed by atoms with E-state index in [1.165, 1.54) is 32.4 Å². The lowest BCUT2D eigenvalue weighted by molar-refractivity contribution is 0.108. The monoisotopic (exact) mass is 220 g/mol. The summed E-state index contributed by atoms with van der Waals surface area (Å²) in [6, 6.07) is 2.05. The molecule has 0 bridgehead atoms. The van der Waals surface area contributed by atoms with Crippen LogP contribution in [0.4, 0.5) is 0 Å². The van der Waals surface area contributed by atoms with Crippen LogP contribution in [0, 0.1) is 23.2 Å². The summed E-state index contributed by atoms with van der Waals surface area (Å²) in [6.45, 7) is 5.62. The van der Waals surface area contributed by atoms with Crippen LogP contribution in [-0.4, -0.2) is 37.2 Å². The summed E-state index contributed by atoms with van der Waals surface area (Å²) in [7, 11) is 0. The normalized spacial score (nSPS) is 18.2. The highest BCUT2D eigenvalue weighted by atomic mass is 16.5. The molecule has 1 heterocycles. The maximum Gasteiger partial charge on any atom is 0.115 e. The van der Waals surface area contributed by atoms with E-state index in [1.54, 1.807) is 0 Å². The summed E-state index contributed by atoms with van der Waals surface area (Å²) in [5.74, 6) is 6.22. The highest BCUT2D eigenvalue weighted by Crippen LogP contribution is 2.07. The van der Waals surface area contributed by atoms with Crippen molar-refractivity contribution in [2.24, 2.45) is 0 Å². The van der Waals surface area contributed by atoms with Crippen molar-refractivity contribution < 1.29 is 4.74 Å². The van der Waals surface area contributed by atoms with Gasteiger partial charge in [0.05, 0.1) is 25.6 Å². The summed E-state index contributed by atoms with van der Waals surface area (Å²) in [5.41, 5.74) is 0. The number of ether oxygens (including phenoxy) is 1. The van der Waals surface area contributed by atoms with E-state index in [4.69, 9.17) is 10.00 Å². The second kappa shape index (κ2) is 8.16. The van der Waals surface area contributed by atoms with Gasteiger partial charge in [-0.2, -0.15) is 5.26 Å². The van der Waals surface area contributed by atoms with Crippen LogP contribution >= 0.6 is 0 Å². The fourth-order valence-corrected chi connectivity index (χ4v) is 1.74. The molecule has 0 aromatic heterocycles. The van der Waals surface area contributed by atoms with Gasteiger partial charge in [-0.1, -0.05) is 18.3 Å². The molecule has 3 nitrogen and oxygen atoms in total. The molecule has 1 aliphatic rings. The van der Waals surface area contributed by atoms with E-state index in [2.05, 4.69) is 16.7 Å². The Morgan fingerprint density at radius 3 is 2.75 bits per heavy atom. The molecular formula is C13H20N2O. The van der Waals surface area contributed by atoms with Crippen molar-refractivity contribution in [3.05, 3.63) is 0 Å². The lowest BCUT2D eigenvalue weighted by Gasteiger charge is -2.23. The van der Waals surface area contributed by atoms with Crippen LogP contribution in [0.2, 0.25) is 0 Å². The topological polar surface area (TPSA) is 36.3 Å². The van der Waals surface area contributed by atoms with Crippen molar-refractivity contribution in [3.63, 3.8) is 0 Å². The first-order valence-corrected chi connectivity index (χ1v) is 6.02. The Kier molecular flexibility index (Phi) is 6.65. The molecule has 0 aromatic rings. The number of nitriles is 1. The molecule has 0 amide bonds. The maximum atomic E-state index is 8.35. The van der Waals surface area contributed by atoms with Crippen LogP contribution in [0.1, 0.15) is 32.6 Å². The van der Waals surface area contributed by atoms with Crippen molar-refractivity contribution in [2.45, 2.75) is 38.7 Å². The summed E-state index contributed by atoms with van der Waals surface area (Å²) in [4.78, 5) is 2.39. The number of likely N-dealkylation sites (tertiary alicyclic amines) is 1. The molecule has 1 rings (SSSR count). The van der Waals surface area contributed by atoms with E-state index in [-0.39, 0.29) is 6.10 Å². The highest BCUT2D eigenvalue weighted by molar-refractivity contribution is 5.05. The van der Waals surface area contributed by atoms with Gasteiger partial charge in [-0.15, -0.1) is 0 Å². The molecule has 1 aliphatic heterocycles. The van der Waals surface area contributed by atoms with Gasteiger partial charge in [0.1, 0.15) is 6.10 Å². The summed E-state index contributed by atoms with van der Waals surface area (Å²) >= 11 is 0. The first-order valence-electron chi connectivity index (χ1n) is 6.02. The Morgan fingerprint density at radius 2 is 2.06 bits per heavy atom. The second-order valence-corrected chi connectivity index (χ2v) is 4.08.